The average molecular weight is 402 g/mol. The van der Waals surface area contributed by atoms with Crippen LogP contribution < -0.4 is 9.47 Å². The molecule has 0 radical (unpaired) electrons. The van der Waals surface area contributed by atoms with Gasteiger partial charge in [-0.05, 0) is 49.2 Å². The maximum absolute atomic E-state index is 6.02. The number of nitrogens with zero attached hydrogens (tertiary/aromatic N) is 1. The minimum atomic E-state index is -0.277. The lowest BCUT2D eigenvalue weighted by atomic mass is 10.1. The van der Waals surface area contributed by atoms with Crippen LogP contribution in [0.2, 0.25) is 0 Å². The Morgan fingerprint density at radius 3 is 2.33 bits per heavy atom. The molecule has 0 bridgehead atoms. The van der Waals surface area contributed by atoms with Gasteiger partial charge in [0.2, 0.25) is 0 Å². The molecule has 0 amide bonds. The fraction of sp³-hybridized carbons (Fsp3) is 0.240. The molecule has 0 aliphatic carbocycles. The van der Waals surface area contributed by atoms with Crippen LogP contribution in [0, 0.1) is 0 Å². The maximum atomic E-state index is 6.02. The van der Waals surface area contributed by atoms with Crippen LogP contribution in [0.3, 0.4) is 0 Å². The number of rotatable bonds is 9. The molecular weight excluding hydrogens is 376 g/mol. The zero-order chi connectivity index (χ0) is 20.8. The van der Waals surface area contributed by atoms with E-state index in [0.29, 0.717) is 19.8 Å². The number of benzene rings is 3. The lowest BCUT2D eigenvalue weighted by molar-refractivity contribution is 0.0859. The van der Waals surface area contributed by atoms with Gasteiger partial charge in [-0.2, -0.15) is 0 Å². The van der Waals surface area contributed by atoms with Crippen molar-refractivity contribution in [2.45, 2.75) is 26.6 Å². The van der Waals surface area contributed by atoms with E-state index < -0.39 is 0 Å². The summed E-state index contributed by atoms with van der Waals surface area (Å²) in [5.74, 6) is 2.41. The van der Waals surface area contributed by atoms with Crippen molar-refractivity contribution in [2.24, 2.45) is 0 Å². The first kappa shape index (κ1) is 20.0. The first-order valence-electron chi connectivity index (χ1n) is 10.3. The summed E-state index contributed by atoms with van der Waals surface area (Å²) >= 11 is 0. The molecule has 30 heavy (non-hydrogen) atoms. The van der Waals surface area contributed by atoms with E-state index in [4.69, 9.17) is 19.2 Å². The van der Waals surface area contributed by atoms with Crippen molar-refractivity contribution in [1.29, 1.82) is 0 Å². The first-order valence-corrected chi connectivity index (χ1v) is 10.3. The highest BCUT2D eigenvalue weighted by molar-refractivity contribution is 5.77. The monoisotopic (exact) mass is 402 g/mol. The van der Waals surface area contributed by atoms with E-state index in [1.54, 1.807) is 0 Å². The second-order valence-corrected chi connectivity index (χ2v) is 6.91. The van der Waals surface area contributed by atoms with Gasteiger partial charge >= 0.3 is 0 Å². The van der Waals surface area contributed by atoms with Gasteiger partial charge in [0.25, 0.3) is 0 Å². The standard InChI is InChI=1S/C25H26N2O3/c1-3-28-21-14-15-22-23(16-21)27-25(26-22)24(29-4-2)19-10-12-20(13-11-19)30-17-18-8-6-5-7-9-18/h5-16,24H,3-4,17H2,1-2H3,(H,26,27). The van der Waals surface area contributed by atoms with E-state index in [1.165, 1.54) is 0 Å². The van der Waals surface area contributed by atoms with Crippen LogP contribution in [0.25, 0.3) is 11.0 Å². The molecule has 154 valence electrons. The van der Waals surface area contributed by atoms with Gasteiger partial charge < -0.3 is 19.2 Å². The van der Waals surface area contributed by atoms with Gasteiger partial charge in [0, 0.05) is 12.7 Å². The lowest BCUT2D eigenvalue weighted by Gasteiger charge is -2.16. The molecule has 1 heterocycles. The number of fused-ring (bicyclic) bond motifs is 1. The third-order valence-corrected chi connectivity index (χ3v) is 4.80. The molecule has 5 heteroatoms. The Bertz CT molecular complexity index is 1070. The van der Waals surface area contributed by atoms with Crippen LogP contribution in [0.4, 0.5) is 0 Å². The summed E-state index contributed by atoms with van der Waals surface area (Å²) in [6, 6.07) is 24.0. The fourth-order valence-corrected chi connectivity index (χ4v) is 3.37. The normalized spacial score (nSPS) is 12.1. The van der Waals surface area contributed by atoms with Gasteiger partial charge in [-0.15, -0.1) is 0 Å². The van der Waals surface area contributed by atoms with E-state index in [-0.39, 0.29) is 6.10 Å². The number of H-pyrrole nitrogens is 1. The van der Waals surface area contributed by atoms with E-state index >= 15 is 0 Å². The summed E-state index contributed by atoms with van der Waals surface area (Å²) in [6.07, 6.45) is -0.277. The third-order valence-electron chi connectivity index (χ3n) is 4.80. The number of imidazole rings is 1. The van der Waals surface area contributed by atoms with Crippen molar-refractivity contribution in [3.63, 3.8) is 0 Å². The predicted octanol–water partition coefficient (Wildman–Crippen LogP) is 5.67. The minimum absolute atomic E-state index is 0.277. The molecule has 4 rings (SSSR count). The van der Waals surface area contributed by atoms with Gasteiger partial charge in [0.05, 0.1) is 17.6 Å². The van der Waals surface area contributed by atoms with Crippen molar-refractivity contribution >= 4 is 11.0 Å². The number of ether oxygens (including phenoxy) is 3. The third kappa shape index (κ3) is 4.63. The van der Waals surface area contributed by atoms with Crippen LogP contribution >= 0.6 is 0 Å². The molecule has 0 saturated heterocycles. The van der Waals surface area contributed by atoms with Gasteiger partial charge in [-0.1, -0.05) is 42.5 Å². The topological polar surface area (TPSA) is 56.4 Å². The van der Waals surface area contributed by atoms with E-state index in [1.807, 2.05) is 74.5 Å². The molecule has 4 aromatic rings. The number of hydrogen-bond donors (Lipinski definition) is 1. The molecule has 1 aromatic heterocycles. The highest BCUT2D eigenvalue weighted by atomic mass is 16.5. The fourth-order valence-electron chi connectivity index (χ4n) is 3.37. The molecule has 0 saturated carbocycles. The summed E-state index contributed by atoms with van der Waals surface area (Å²) in [6.45, 7) is 5.71. The highest BCUT2D eigenvalue weighted by Gasteiger charge is 2.19. The van der Waals surface area contributed by atoms with Crippen LogP contribution in [-0.2, 0) is 11.3 Å². The van der Waals surface area contributed by atoms with Crippen LogP contribution in [0.1, 0.15) is 36.9 Å². The summed E-state index contributed by atoms with van der Waals surface area (Å²) in [5.41, 5.74) is 3.99. The van der Waals surface area contributed by atoms with Crippen LogP contribution in [0.15, 0.2) is 72.8 Å². The first-order chi connectivity index (χ1) is 14.8. The maximum Gasteiger partial charge on any atom is 0.141 e. The van der Waals surface area contributed by atoms with Crippen molar-refractivity contribution in [1.82, 2.24) is 9.97 Å². The molecule has 0 aliphatic rings. The Morgan fingerprint density at radius 1 is 0.833 bits per heavy atom. The zero-order valence-corrected chi connectivity index (χ0v) is 17.3. The summed E-state index contributed by atoms with van der Waals surface area (Å²) in [5, 5.41) is 0. The molecule has 5 nitrogen and oxygen atoms in total. The second kappa shape index (κ2) is 9.46. The second-order valence-electron chi connectivity index (χ2n) is 6.91. The molecule has 0 spiro atoms. The van der Waals surface area contributed by atoms with E-state index in [0.717, 1.165) is 39.5 Å². The Hall–Kier alpha value is -3.31. The molecule has 1 N–H and O–H groups in total. The van der Waals surface area contributed by atoms with Crippen LogP contribution in [0.5, 0.6) is 11.5 Å². The largest absolute Gasteiger partial charge is 0.494 e. The Labute approximate surface area is 176 Å². The van der Waals surface area contributed by atoms with Crippen molar-refractivity contribution in [3.05, 3.63) is 89.7 Å². The SMILES string of the molecule is CCOc1ccc2[nH]c(C(OCC)c3ccc(OCc4ccccc4)cc3)nc2c1. The molecular formula is C25H26N2O3. The Morgan fingerprint density at radius 2 is 1.60 bits per heavy atom. The Balaban J connectivity index is 1.53. The number of hydrogen-bond acceptors (Lipinski definition) is 4. The van der Waals surface area contributed by atoms with Crippen LogP contribution in [-0.4, -0.2) is 23.2 Å². The highest BCUT2D eigenvalue weighted by Crippen LogP contribution is 2.29. The lowest BCUT2D eigenvalue weighted by Crippen LogP contribution is -2.08. The number of nitrogens with one attached hydrogen (secondary N) is 1. The van der Waals surface area contributed by atoms with Gasteiger partial charge in [-0.25, -0.2) is 4.98 Å². The summed E-state index contributed by atoms with van der Waals surface area (Å²) in [4.78, 5) is 8.14. The number of aromatic nitrogens is 2. The summed E-state index contributed by atoms with van der Waals surface area (Å²) < 4.78 is 17.5. The van der Waals surface area contributed by atoms with Crippen molar-refractivity contribution in [2.75, 3.05) is 13.2 Å². The van der Waals surface area contributed by atoms with E-state index in [2.05, 4.69) is 17.1 Å². The molecule has 1 atom stereocenters. The molecule has 0 aliphatic heterocycles. The molecule has 0 fully saturated rings. The van der Waals surface area contributed by atoms with Gasteiger partial charge in [0.1, 0.15) is 30.0 Å². The quantitative estimate of drug-likeness (QED) is 0.392. The summed E-state index contributed by atoms with van der Waals surface area (Å²) in [7, 11) is 0. The zero-order valence-electron chi connectivity index (χ0n) is 17.3. The molecule has 1 unspecified atom stereocenters. The van der Waals surface area contributed by atoms with E-state index in [9.17, 15) is 0 Å². The van der Waals surface area contributed by atoms with Crippen molar-refractivity contribution in [3.8, 4) is 11.5 Å². The van der Waals surface area contributed by atoms with Gasteiger partial charge in [-0.3, -0.25) is 0 Å². The molecule has 3 aromatic carbocycles. The average Bonchev–Trinajstić information content (AvgIpc) is 3.20. The predicted molar refractivity (Wildman–Crippen MR) is 118 cm³/mol. The van der Waals surface area contributed by atoms with Crippen molar-refractivity contribution < 1.29 is 14.2 Å². The van der Waals surface area contributed by atoms with Gasteiger partial charge in [0.15, 0.2) is 0 Å². The Kier molecular flexibility index (Phi) is 6.30. The smallest absolute Gasteiger partial charge is 0.141 e. The minimum Gasteiger partial charge on any atom is -0.494 e. The number of aromatic amines is 1.